The lowest BCUT2D eigenvalue weighted by Gasteiger charge is -2.38. The second kappa shape index (κ2) is 5.71. The van der Waals surface area contributed by atoms with Gasteiger partial charge in [-0.25, -0.2) is 0 Å². The maximum absolute atomic E-state index is 6.38. The summed E-state index contributed by atoms with van der Waals surface area (Å²) < 4.78 is 11.8. The van der Waals surface area contributed by atoms with Crippen LogP contribution in [-0.4, -0.2) is 24.9 Å². The first kappa shape index (κ1) is 13.4. The molecule has 1 saturated heterocycles. The number of hydrogen-bond donors (Lipinski definition) is 0. The summed E-state index contributed by atoms with van der Waals surface area (Å²) in [6, 6.07) is 0. The quantitative estimate of drug-likeness (QED) is 0.684. The minimum absolute atomic E-state index is 0.339. The average molecular weight is 240 g/mol. The number of ether oxygens (including phenoxy) is 2. The van der Waals surface area contributed by atoms with Gasteiger partial charge in [-0.3, -0.25) is 0 Å². The summed E-state index contributed by atoms with van der Waals surface area (Å²) in [6.45, 7) is 10.2. The Kier molecular flexibility index (Phi) is 4.48. The standard InChI is InChI=1S/C15H28O2/c1-5-13(15-9-16-15)17-14-8-11(4)6-7-12(14)10(2)3/h10-15H,5-9H2,1-4H3. The highest BCUT2D eigenvalue weighted by Gasteiger charge is 2.38. The molecule has 2 nitrogen and oxygen atoms in total. The van der Waals surface area contributed by atoms with Crippen LogP contribution in [0.3, 0.4) is 0 Å². The van der Waals surface area contributed by atoms with Gasteiger partial charge in [-0.05, 0) is 37.0 Å². The molecule has 1 saturated carbocycles. The van der Waals surface area contributed by atoms with Gasteiger partial charge in [-0.2, -0.15) is 0 Å². The van der Waals surface area contributed by atoms with Crippen molar-refractivity contribution in [1.82, 2.24) is 0 Å². The molecule has 0 bridgehead atoms. The van der Waals surface area contributed by atoms with Crippen LogP contribution in [0, 0.1) is 17.8 Å². The Morgan fingerprint density at radius 2 is 2.00 bits per heavy atom. The summed E-state index contributed by atoms with van der Waals surface area (Å²) in [7, 11) is 0. The molecule has 1 heterocycles. The Bertz CT molecular complexity index is 235. The SMILES string of the molecule is CCC(OC1CC(C)CCC1C(C)C)C1CO1. The highest BCUT2D eigenvalue weighted by atomic mass is 16.6. The molecule has 100 valence electrons. The van der Waals surface area contributed by atoms with Crippen molar-refractivity contribution in [2.75, 3.05) is 6.61 Å². The van der Waals surface area contributed by atoms with Crippen LogP contribution in [0.25, 0.3) is 0 Å². The molecule has 1 aliphatic heterocycles. The van der Waals surface area contributed by atoms with Crippen LogP contribution in [0.5, 0.6) is 0 Å². The molecular weight excluding hydrogens is 212 g/mol. The molecule has 2 rings (SSSR count). The predicted molar refractivity (Wildman–Crippen MR) is 70.0 cm³/mol. The molecule has 2 heteroatoms. The highest BCUT2D eigenvalue weighted by molar-refractivity contribution is 4.85. The van der Waals surface area contributed by atoms with Crippen LogP contribution in [0.2, 0.25) is 0 Å². The van der Waals surface area contributed by atoms with E-state index in [4.69, 9.17) is 9.47 Å². The summed E-state index contributed by atoms with van der Waals surface area (Å²) in [6.07, 6.45) is 6.24. The predicted octanol–water partition coefficient (Wildman–Crippen LogP) is 3.64. The van der Waals surface area contributed by atoms with Gasteiger partial charge in [0.2, 0.25) is 0 Å². The summed E-state index contributed by atoms with van der Waals surface area (Å²) >= 11 is 0. The van der Waals surface area contributed by atoms with Crippen molar-refractivity contribution in [1.29, 1.82) is 0 Å². The molecular formula is C15H28O2. The molecule has 0 aromatic rings. The first-order valence-corrected chi connectivity index (χ1v) is 7.38. The third-order valence-electron chi connectivity index (χ3n) is 4.49. The lowest BCUT2D eigenvalue weighted by atomic mass is 9.75. The zero-order valence-electron chi connectivity index (χ0n) is 11.8. The maximum Gasteiger partial charge on any atom is 0.107 e. The lowest BCUT2D eigenvalue weighted by Crippen LogP contribution is -2.38. The van der Waals surface area contributed by atoms with Crippen LogP contribution in [0.1, 0.15) is 53.4 Å². The lowest BCUT2D eigenvalue weighted by molar-refractivity contribution is -0.0888. The zero-order chi connectivity index (χ0) is 12.4. The fraction of sp³-hybridized carbons (Fsp3) is 1.00. The minimum atomic E-state index is 0.339. The fourth-order valence-electron chi connectivity index (χ4n) is 3.21. The van der Waals surface area contributed by atoms with E-state index in [9.17, 15) is 0 Å². The fourth-order valence-corrected chi connectivity index (χ4v) is 3.21. The van der Waals surface area contributed by atoms with Crippen molar-refractivity contribution in [2.45, 2.75) is 71.7 Å². The molecule has 0 radical (unpaired) electrons. The molecule has 1 aliphatic carbocycles. The topological polar surface area (TPSA) is 21.8 Å². The van der Waals surface area contributed by atoms with Crippen molar-refractivity contribution >= 4 is 0 Å². The first-order chi connectivity index (χ1) is 8.11. The molecule has 0 spiro atoms. The Labute approximate surface area is 106 Å². The maximum atomic E-state index is 6.38. The van der Waals surface area contributed by atoms with E-state index in [0.717, 1.165) is 30.8 Å². The van der Waals surface area contributed by atoms with Crippen LogP contribution in [-0.2, 0) is 9.47 Å². The van der Waals surface area contributed by atoms with E-state index >= 15 is 0 Å². The molecule has 2 fully saturated rings. The second-order valence-electron chi connectivity index (χ2n) is 6.32. The van der Waals surface area contributed by atoms with Gasteiger partial charge < -0.3 is 9.47 Å². The van der Waals surface area contributed by atoms with E-state index in [-0.39, 0.29) is 0 Å². The van der Waals surface area contributed by atoms with Crippen molar-refractivity contribution in [3.63, 3.8) is 0 Å². The van der Waals surface area contributed by atoms with Gasteiger partial charge in [0.15, 0.2) is 0 Å². The third-order valence-corrected chi connectivity index (χ3v) is 4.49. The van der Waals surface area contributed by atoms with E-state index in [1.54, 1.807) is 0 Å². The van der Waals surface area contributed by atoms with Crippen LogP contribution >= 0.6 is 0 Å². The number of rotatable bonds is 5. The monoisotopic (exact) mass is 240 g/mol. The van der Waals surface area contributed by atoms with Crippen LogP contribution < -0.4 is 0 Å². The largest absolute Gasteiger partial charge is 0.372 e. The smallest absolute Gasteiger partial charge is 0.107 e. The highest BCUT2D eigenvalue weighted by Crippen LogP contribution is 2.37. The molecule has 0 aromatic carbocycles. The van der Waals surface area contributed by atoms with Gasteiger partial charge in [0.1, 0.15) is 6.10 Å². The van der Waals surface area contributed by atoms with Crippen molar-refractivity contribution in [2.24, 2.45) is 17.8 Å². The van der Waals surface area contributed by atoms with Gasteiger partial charge in [0.05, 0.1) is 18.8 Å². The van der Waals surface area contributed by atoms with E-state index < -0.39 is 0 Å². The Balaban J connectivity index is 1.93. The molecule has 17 heavy (non-hydrogen) atoms. The van der Waals surface area contributed by atoms with Gasteiger partial charge in [0, 0.05) is 0 Å². The van der Waals surface area contributed by atoms with E-state index in [0.29, 0.717) is 18.3 Å². The minimum Gasteiger partial charge on any atom is -0.372 e. The summed E-state index contributed by atoms with van der Waals surface area (Å²) in [4.78, 5) is 0. The van der Waals surface area contributed by atoms with Gasteiger partial charge in [0.25, 0.3) is 0 Å². The zero-order valence-corrected chi connectivity index (χ0v) is 11.8. The van der Waals surface area contributed by atoms with Crippen LogP contribution in [0.4, 0.5) is 0 Å². The van der Waals surface area contributed by atoms with Crippen molar-refractivity contribution < 1.29 is 9.47 Å². The Morgan fingerprint density at radius 1 is 1.29 bits per heavy atom. The summed E-state index contributed by atoms with van der Waals surface area (Å²) in [5, 5.41) is 0. The Morgan fingerprint density at radius 3 is 2.53 bits per heavy atom. The molecule has 0 N–H and O–H groups in total. The van der Waals surface area contributed by atoms with Crippen LogP contribution in [0.15, 0.2) is 0 Å². The van der Waals surface area contributed by atoms with Crippen molar-refractivity contribution in [3.8, 4) is 0 Å². The van der Waals surface area contributed by atoms with E-state index in [1.165, 1.54) is 19.3 Å². The normalized spacial score (nSPS) is 39.4. The molecule has 0 aromatic heterocycles. The second-order valence-corrected chi connectivity index (χ2v) is 6.32. The Hall–Kier alpha value is -0.0800. The van der Waals surface area contributed by atoms with E-state index in [1.807, 2.05) is 0 Å². The molecule has 2 aliphatic rings. The third kappa shape index (κ3) is 3.45. The molecule has 5 atom stereocenters. The molecule has 0 amide bonds. The van der Waals surface area contributed by atoms with Gasteiger partial charge in [-0.15, -0.1) is 0 Å². The van der Waals surface area contributed by atoms with E-state index in [2.05, 4.69) is 27.7 Å². The van der Waals surface area contributed by atoms with Gasteiger partial charge >= 0.3 is 0 Å². The average Bonchev–Trinajstić information content (AvgIpc) is 3.09. The summed E-state index contributed by atoms with van der Waals surface area (Å²) in [5.74, 6) is 2.32. The van der Waals surface area contributed by atoms with Gasteiger partial charge in [-0.1, -0.05) is 34.1 Å². The first-order valence-electron chi connectivity index (χ1n) is 7.38. The number of hydrogen-bond acceptors (Lipinski definition) is 2. The van der Waals surface area contributed by atoms with Crippen molar-refractivity contribution in [3.05, 3.63) is 0 Å². The summed E-state index contributed by atoms with van der Waals surface area (Å²) in [5.41, 5.74) is 0. The number of epoxide rings is 1. The molecule has 5 unspecified atom stereocenters.